The largest absolute Gasteiger partial charge is 0.416 e. The highest BCUT2D eigenvalue weighted by molar-refractivity contribution is 5.87. The molecule has 3 N–H and O–H groups in total. The van der Waals surface area contributed by atoms with Crippen molar-refractivity contribution in [3.05, 3.63) is 34.9 Å². The third-order valence-corrected chi connectivity index (χ3v) is 3.01. The summed E-state index contributed by atoms with van der Waals surface area (Å²) in [6, 6.07) is -0.471. The number of halogens is 6. The van der Waals surface area contributed by atoms with Crippen LogP contribution < -0.4 is 11.1 Å². The summed E-state index contributed by atoms with van der Waals surface area (Å²) < 4.78 is 76.4. The van der Waals surface area contributed by atoms with Crippen LogP contribution in [0, 0.1) is 12.3 Å². The van der Waals surface area contributed by atoms with Crippen molar-refractivity contribution in [2.24, 2.45) is 5.73 Å². The van der Waals surface area contributed by atoms with Crippen LogP contribution in [0.15, 0.2) is 18.2 Å². The minimum Gasteiger partial charge on any atom is -0.368 e. The highest BCUT2D eigenvalue weighted by atomic mass is 19.4. The highest BCUT2D eigenvalue weighted by Gasteiger charge is 2.37. The predicted molar refractivity (Wildman–Crippen MR) is 74.7 cm³/mol. The maximum atomic E-state index is 12.7. The van der Waals surface area contributed by atoms with Crippen molar-refractivity contribution in [3.8, 4) is 12.3 Å². The number of nitrogens with two attached hydrogens (primary N) is 1. The SMILES string of the molecule is C#CC[C@@H](NC(=O)Cc1cc(C(F)(F)F)cc(C(F)(F)F)c1)C(N)=O. The summed E-state index contributed by atoms with van der Waals surface area (Å²) in [5.41, 5.74) is 1.37. The molecule has 136 valence electrons. The number of hydrogen-bond donors (Lipinski definition) is 2. The first-order valence-electron chi connectivity index (χ1n) is 6.65. The summed E-state index contributed by atoms with van der Waals surface area (Å²) in [5.74, 6) is 0.0891. The van der Waals surface area contributed by atoms with Crippen molar-refractivity contribution in [1.82, 2.24) is 5.32 Å². The minimum absolute atomic E-state index is 0.0496. The summed E-state index contributed by atoms with van der Waals surface area (Å²) in [6.45, 7) is 0. The fourth-order valence-corrected chi connectivity index (χ4v) is 1.89. The van der Waals surface area contributed by atoms with Gasteiger partial charge < -0.3 is 11.1 Å². The van der Waals surface area contributed by atoms with Gasteiger partial charge in [0.1, 0.15) is 6.04 Å². The average molecular weight is 366 g/mol. The molecule has 0 spiro atoms. The topological polar surface area (TPSA) is 72.2 Å². The van der Waals surface area contributed by atoms with Gasteiger partial charge in [0.15, 0.2) is 0 Å². The van der Waals surface area contributed by atoms with Gasteiger partial charge in [-0.2, -0.15) is 26.3 Å². The van der Waals surface area contributed by atoms with E-state index in [0.717, 1.165) is 0 Å². The molecule has 0 radical (unpaired) electrons. The Hall–Kier alpha value is -2.70. The molecule has 10 heteroatoms. The number of primary amides is 1. The van der Waals surface area contributed by atoms with Gasteiger partial charge in [-0.3, -0.25) is 9.59 Å². The Morgan fingerprint density at radius 3 is 1.92 bits per heavy atom. The van der Waals surface area contributed by atoms with Crippen LogP contribution in [0.3, 0.4) is 0 Å². The lowest BCUT2D eigenvalue weighted by atomic mass is 10.0. The second-order valence-electron chi connectivity index (χ2n) is 5.02. The molecule has 0 aliphatic rings. The van der Waals surface area contributed by atoms with Crippen LogP contribution in [0.4, 0.5) is 26.3 Å². The first-order chi connectivity index (χ1) is 11.3. The first-order valence-corrected chi connectivity index (χ1v) is 6.65. The lowest BCUT2D eigenvalue weighted by molar-refractivity contribution is -0.143. The van der Waals surface area contributed by atoms with Crippen LogP contribution >= 0.6 is 0 Å². The van der Waals surface area contributed by atoms with Gasteiger partial charge in [0.05, 0.1) is 17.5 Å². The van der Waals surface area contributed by atoms with E-state index in [1.54, 1.807) is 0 Å². The summed E-state index contributed by atoms with van der Waals surface area (Å²) in [6.07, 6.45) is -6.16. The van der Waals surface area contributed by atoms with Crippen LogP contribution in [0.1, 0.15) is 23.1 Å². The number of alkyl halides is 6. The number of rotatable bonds is 5. The van der Waals surface area contributed by atoms with E-state index in [1.165, 1.54) is 0 Å². The Kier molecular flexibility index (Phi) is 6.07. The summed E-state index contributed by atoms with van der Waals surface area (Å²) >= 11 is 0. The van der Waals surface area contributed by atoms with E-state index in [2.05, 4.69) is 11.2 Å². The van der Waals surface area contributed by atoms with Gasteiger partial charge in [0.2, 0.25) is 11.8 Å². The van der Waals surface area contributed by atoms with Gasteiger partial charge in [0, 0.05) is 6.42 Å². The second-order valence-corrected chi connectivity index (χ2v) is 5.02. The van der Waals surface area contributed by atoms with Crippen molar-refractivity contribution in [1.29, 1.82) is 0 Å². The number of hydrogen-bond acceptors (Lipinski definition) is 2. The van der Waals surface area contributed by atoms with Gasteiger partial charge in [-0.25, -0.2) is 0 Å². The molecule has 25 heavy (non-hydrogen) atoms. The normalized spacial score (nSPS) is 13.0. The molecule has 0 aliphatic heterocycles. The molecule has 0 saturated carbocycles. The number of nitrogens with one attached hydrogen (secondary N) is 1. The fraction of sp³-hybridized carbons (Fsp3) is 0.333. The van der Waals surface area contributed by atoms with Crippen molar-refractivity contribution in [2.45, 2.75) is 31.2 Å². The molecular formula is C15H12F6N2O2. The molecule has 0 fully saturated rings. The van der Waals surface area contributed by atoms with E-state index >= 15 is 0 Å². The predicted octanol–water partition coefficient (Wildman–Crippen LogP) is 2.26. The zero-order valence-electron chi connectivity index (χ0n) is 12.5. The third-order valence-electron chi connectivity index (χ3n) is 3.01. The molecule has 4 nitrogen and oxygen atoms in total. The van der Waals surface area contributed by atoms with Gasteiger partial charge >= 0.3 is 12.4 Å². The van der Waals surface area contributed by atoms with E-state index in [4.69, 9.17) is 12.2 Å². The lowest BCUT2D eigenvalue weighted by Crippen LogP contribution is -2.44. The van der Waals surface area contributed by atoms with Gasteiger partial charge in [-0.1, -0.05) is 0 Å². The standard InChI is InChI=1S/C15H12F6N2O2/c1-2-3-11(13(22)25)23-12(24)6-8-4-9(14(16,17)18)7-10(5-8)15(19,20)21/h1,4-5,7,11H,3,6H2,(H2,22,25)(H,23,24)/t11-/m1/s1. The molecule has 0 aromatic heterocycles. The summed E-state index contributed by atoms with van der Waals surface area (Å²) in [7, 11) is 0. The molecule has 0 bridgehead atoms. The second kappa shape index (κ2) is 7.46. The maximum absolute atomic E-state index is 12.7. The molecule has 2 amide bonds. The summed E-state index contributed by atoms with van der Waals surface area (Å²) in [5, 5.41) is 2.06. The number of terminal acetylenes is 1. The first kappa shape index (κ1) is 20.3. The Morgan fingerprint density at radius 2 is 1.56 bits per heavy atom. The van der Waals surface area contributed by atoms with Crippen LogP contribution in [0.2, 0.25) is 0 Å². The van der Waals surface area contributed by atoms with Crippen LogP contribution in [-0.4, -0.2) is 17.9 Å². The maximum Gasteiger partial charge on any atom is 0.416 e. The van der Waals surface area contributed by atoms with Crippen molar-refractivity contribution < 1.29 is 35.9 Å². The van der Waals surface area contributed by atoms with E-state index in [0.29, 0.717) is 12.1 Å². The number of amides is 2. The molecule has 1 aromatic rings. The van der Waals surface area contributed by atoms with Crippen molar-refractivity contribution in [3.63, 3.8) is 0 Å². The quantitative estimate of drug-likeness (QED) is 0.620. The van der Waals surface area contributed by atoms with Gasteiger partial charge in [-0.05, 0) is 23.8 Å². The van der Waals surface area contributed by atoms with Crippen LogP contribution in [-0.2, 0) is 28.4 Å². The van der Waals surface area contributed by atoms with Crippen LogP contribution in [0.5, 0.6) is 0 Å². The fourth-order valence-electron chi connectivity index (χ4n) is 1.89. The van der Waals surface area contributed by atoms with Crippen LogP contribution in [0.25, 0.3) is 0 Å². The Morgan fingerprint density at radius 1 is 1.08 bits per heavy atom. The number of benzene rings is 1. The van der Waals surface area contributed by atoms with Crippen molar-refractivity contribution >= 4 is 11.8 Å². The van der Waals surface area contributed by atoms with Gasteiger partial charge in [0.25, 0.3) is 0 Å². The lowest BCUT2D eigenvalue weighted by Gasteiger charge is -2.15. The minimum atomic E-state index is -5.02. The van der Waals surface area contributed by atoms with E-state index in [-0.39, 0.29) is 12.5 Å². The smallest absolute Gasteiger partial charge is 0.368 e. The van der Waals surface area contributed by atoms with E-state index < -0.39 is 53.3 Å². The Labute approximate surface area is 138 Å². The summed E-state index contributed by atoms with van der Waals surface area (Å²) in [4.78, 5) is 22.8. The number of carbonyl (C=O) groups is 2. The number of carbonyl (C=O) groups excluding carboxylic acids is 2. The Balaban J connectivity index is 3.10. The third kappa shape index (κ3) is 6.02. The average Bonchev–Trinajstić information content (AvgIpc) is 2.44. The Bertz CT molecular complexity index is 671. The molecule has 1 aromatic carbocycles. The molecule has 0 heterocycles. The molecule has 1 atom stereocenters. The molecular weight excluding hydrogens is 354 g/mol. The van der Waals surface area contributed by atoms with Gasteiger partial charge in [-0.15, -0.1) is 12.3 Å². The zero-order chi connectivity index (χ0) is 19.4. The van der Waals surface area contributed by atoms with E-state index in [9.17, 15) is 35.9 Å². The van der Waals surface area contributed by atoms with Crippen molar-refractivity contribution in [2.75, 3.05) is 0 Å². The molecule has 0 unspecified atom stereocenters. The monoisotopic (exact) mass is 366 g/mol. The molecule has 0 aliphatic carbocycles. The molecule has 0 saturated heterocycles. The molecule has 1 rings (SSSR count). The highest BCUT2D eigenvalue weighted by Crippen LogP contribution is 2.36. The zero-order valence-corrected chi connectivity index (χ0v) is 12.5. The van der Waals surface area contributed by atoms with E-state index in [1.807, 2.05) is 0 Å².